The first-order valence-corrected chi connectivity index (χ1v) is 9.75. The molecule has 2 aromatic heterocycles. The fraction of sp³-hybridized carbons (Fsp3) is 0.174. The Morgan fingerprint density at radius 2 is 2.00 bits per heavy atom. The van der Waals surface area contributed by atoms with Crippen molar-refractivity contribution in [2.45, 2.75) is 18.8 Å². The van der Waals surface area contributed by atoms with Gasteiger partial charge in [-0.05, 0) is 36.4 Å². The summed E-state index contributed by atoms with van der Waals surface area (Å²) in [4.78, 5) is 8.56. The van der Waals surface area contributed by atoms with Crippen LogP contribution in [0, 0.1) is 11.3 Å². The van der Waals surface area contributed by atoms with Crippen LogP contribution in [0.5, 0.6) is 11.8 Å². The molecule has 0 N–H and O–H groups in total. The minimum Gasteiger partial charge on any atom is -0.488 e. The molecule has 0 saturated carbocycles. The van der Waals surface area contributed by atoms with E-state index in [2.05, 4.69) is 16.0 Å². The van der Waals surface area contributed by atoms with Gasteiger partial charge < -0.3 is 9.47 Å². The number of pyridine rings is 1. The normalized spacial score (nSPS) is 15.2. The molecule has 5 rings (SSSR count). The molecule has 1 aliphatic heterocycles. The third-order valence-corrected chi connectivity index (χ3v) is 5.18. The molecule has 32 heavy (non-hydrogen) atoms. The summed E-state index contributed by atoms with van der Waals surface area (Å²) in [6.07, 6.45) is -3.34. The number of imidazole rings is 1. The van der Waals surface area contributed by atoms with Crippen molar-refractivity contribution in [3.05, 3.63) is 71.9 Å². The molecule has 160 valence electrons. The van der Waals surface area contributed by atoms with E-state index in [0.717, 1.165) is 11.6 Å². The van der Waals surface area contributed by atoms with Gasteiger partial charge in [-0.3, -0.25) is 9.55 Å². The monoisotopic (exact) mass is 436 g/mol. The van der Waals surface area contributed by atoms with E-state index >= 15 is 0 Å². The highest BCUT2D eigenvalue weighted by Gasteiger charge is 2.33. The number of nitrogens with zero attached hydrogens (tertiary/aromatic N) is 4. The molecule has 0 aliphatic carbocycles. The van der Waals surface area contributed by atoms with Crippen LogP contribution < -0.4 is 9.47 Å². The van der Waals surface area contributed by atoms with Crippen molar-refractivity contribution in [3.63, 3.8) is 0 Å². The van der Waals surface area contributed by atoms with Gasteiger partial charge in [0.1, 0.15) is 12.4 Å². The van der Waals surface area contributed by atoms with Gasteiger partial charge in [0.05, 0.1) is 46.7 Å². The minimum absolute atomic E-state index is 0.0162. The van der Waals surface area contributed by atoms with E-state index in [1.807, 2.05) is 10.6 Å². The van der Waals surface area contributed by atoms with Crippen LogP contribution in [0.25, 0.3) is 22.3 Å². The van der Waals surface area contributed by atoms with Crippen LogP contribution in [0.3, 0.4) is 0 Å². The van der Waals surface area contributed by atoms with Crippen LogP contribution >= 0.6 is 0 Å². The molecule has 2 aromatic carbocycles. The van der Waals surface area contributed by atoms with Crippen molar-refractivity contribution in [1.29, 1.82) is 5.26 Å². The summed E-state index contributed by atoms with van der Waals surface area (Å²) in [6, 6.07) is 16.2. The number of hydrogen-bond acceptors (Lipinski definition) is 5. The Morgan fingerprint density at radius 3 is 2.75 bits per heavy atom. The second-order valence-electron chi connectivity index (χ2n) is 7.29. The van der Waals surface area contributed by atoms with E-state index in [1.165, 1.54) is 24.4 Å². The maximum absolute atomic E-state index is 13.2. The molecule has 1 atom stereocenters. The zero-order chi connectivity index (χ0) is 22.3. The summed E-state index contributed by atoms with van der Waals surface area (Å²) in [5, 5.41) is 9.01. The molecular weight excluding hydrogens is 421 g/mol. The van der Waals surface area contributed by atoms with Gasteiger partial charge in [0, 0.05) is 5.56 Å². The topological polar surface area (TPSA) is 73.0 Å². The standard InChI is InChI=1S/C23H15F3N4O2/c24-23(25,26)18-4-2-1-3-17(18)19-7-6-15(11-28-19)31-13-16-12-30-21-8-5-14(10-27)9-20(21)29-22(30)32-16/h1-9,11,16H,12-13H2/t16-/m0/s1. The molecule has 9 heteroatoms. The number of hydrogen-bond donors (Lipinski definition) is 0. The fourth-order valence-corrected chi connectivity index (χ4v) is 3.69. The van der Waals surface area contributed by atoms with Gasteiger partial charge >= 0.3 is 6.18 Å². The summed E-state index contributed by atoms with van der Waals surface area (Å²) in [5.41, 5.74) is 1.59. The van der Waals surface area contributed by atoms with Crippen molar-refractivity contribution >= 4 is 11.0 Å². The van der Waals surface area contributed by atoms with Crippen molar-refractivity contribution in [1.82, 2.24) is 14.5 Å². The average Bonchev–Trinajstić information content (AvgIpc) is 3.34. The van der Waals surface area contributed by atoms with E-state index in [-0.39, 0.29) is 24.0 Å². The van der Waals surface area contributed by atoms with Crippen LogP contribution in [0.4, 0.5) is 13.2 Å². The highest BCUT2D eigenvalue weighted by atomic mass is 19.4. The molecule has 3 heterocycles. The number of fused-ring (bicyclic) bond motifs is 3. The lowest BCUT2D eigenvalue weighted by Gasteiger charge is -2.13. The average molecular weight is 436 g/mol. The van der Waals surface area contributed by atoms with Gasteiger partial charge in [0.25, 0.3) is 6.01 Å². The number of rotatable bonds is 4. The molecule has 0 bridgehead atoms. The lowest BCUT2D eigenvalue weighted by Crippen LogP contribution is -2.23. The van der Waals surface area contributed by atoms with Gasteiger partial charge in [-0.25, -0.2) is 0 Å². The second kappa shape index (κ2) is 7.57. The molecular formula is C23H15F3N4O2. The Bertz CT molecular complexity index is 1340. The van der Waals surface area contributed by atoms with Crippen LogP contribution in [-0.4, -0.2) is 27.2 Å². The van der Waals surface area contributed by atoms with Crippen LogP contribution in [0.1, 0.15) is 11.1 Å². The SMILES string of the molecule is N#Cc1ccc2c(c1)nc1n2C[C@@H](COc2ccc(-c3ccccc3C(F)(F)F)nc2)O1. The number of aromatic nitrogens is 3. The second-order valence-corrected chi connectivity index (χ2v) is 7.29. The zero-order valence-corrected chi connectivity index (χ0v) is 16.5. The Morgan fingerprint density at radius 1 is 1.16 bits per heavy atom. The van der Waals surface area contributed by atoms with Gasteiger partial charge in [-0.2, -0.15) is 23.4 Å². The first-order chi connectivity index (χ1) is 15.4. The number of benzene rings is 2. The predicted octanol–water partition coefficient (Wildman–Crippen LogP) is 4.83. The van der Waals surface area contributed by atoms with Crippen molar-refractivity contribution in [3.8, 4) is 29.1 Å². The van der Waals surface area contributed by atoms with Crippen LogP contribution in [0.2, 0.25) is 0 Å². The van der Waals surface area contributed by atoms with E-state index in [1.54, 1.807) is 24.3 Å². The van der Waals surface area contributed by atoms with Crippen molar-refractivity contribution in [2.75, 3.05) is 6.61 Å². The predicted molar refractivity (Wildman–Crippen MR) is 109 cm³/mol. The van der Waals surface area contributed by atoms with E-state index in [9.17, 15) is 13.2 Å². The van der Waals surface area contributed by atoms with E-state index in [0.29, 0.717) is 29.4 Å². The molecule has 0 radical (unpaired) electrons. The highest BCUT2D eigenvalue weighted by Crippen LogP contribution is 2.36. The largest absolute Gasteiger partial charge is 0.488 e. The van der Waals surface area contributed by atoms with Gasteiger partial charge in [0.15, 0.2) is 6.10 Å². The highest BCUT2D eigenvalue weighted by molar-refractivity contribution is 5.78. The molecule has 6 nitrogen and oxygen atoms in total. The van der Waals surface area contributed by atoms with Crippen molar-refractivity contribution in [2.24, 2.45) is 0 Å². The Balaban J connectivity index is 1.26. The van der Waals surface area contributed by atoms with Crippen LogP contribution in [-0.2, 0) is 12.7 Å². The van der Waals surface area contributed by atoms with Crippen molar-refractivity contribution < 1.29 is 22.6 Å². The number of ether oxygens (including phenoxy) is 2. The number of alkyl halides is 3. The smallest absolute Gasteiger partial charge is 0.417 e. The Hall–Kier alpha value is -4.06. The third-order valence-electron chi connectivity index (χ3n) is 5.18. The number of halogens is 3. The molecule has 0 fully saturated rings. The maximum Gasteiger partial charge on any atom is 0.417 e. The molecule has 0 saturated heterocycles. The van der Waals surface area contributed by atoms with Crippen LogP contribution in [0.15, 0.2) is 60.8 Å². The third kappa shape index (κ3) is 3.60. The minimum atomic E-state index is -4.46. The zero-order valence-electron chi connectivity index (χ0n) is 16.5. The molecule has 4 aromatic rings. The van der Waals surface area contributed by atoms with Gasteiger partial charge in [0.2, 0.25) is 0 Å². The molecule has 1 aliphatic rings. The molecule has 0 amide bonds. The first kappa shape index (κ1) is 19.9. The quantitative estimate of drug-likeness (QED) is 0.458. The first-order valence-electron chi connectivity index (χ1n) is 9.75. The van der Waals surface area contributed by atoms with E-state index < -0.39 is 11.7 Å². The lowest BCUT2D eigenvalue weighted by atomic mass is 10.0. The molecule has 0 spiro atoms. The number of nitriles is 1. The Labute approximate surface area is 180 Å². The summed E-state index contributed by atoms with van der Waals surface area (Å²) >= 11 is 0. The summed E-state index contributed by atoms with van der Waals surface area (Å²) in [5.74, 6) is 0.426. The Kier molecular flexibility index (Phi) is 4.70. The van der Waals surface area contributed by atoms with Gasteiger partial charge in [-0.1, -0.05) is 18.2 Å². The van der Waals surface area contributed by atoms with E-state index in [4.69, 9.17) is 14.7 Å². The fourth-order valence-electron chi connectivity index (χ4n) is 3.69. The lowest BCUT2D eigenvalue weighted by molar-refractivity contribution is -0.137. The summed E-state index contributed by atoms with van der Waals surface area (Å²) < 4.78 is 53.2. The summed E-state index contributed by atoms with van der Waals surface area (Å²) in [6.45, 7) is 0.753. The van der Waals surface area contributed by atoms with Gasteiger partial charge in [-0.15, -0.1) is 0 Å². The maximum atomic E-state index is 13.2. The molecule has 0 unspecified atom stereocenters. The summed E-state index contributed by atoms with van der Waals surface area (Å²) in [7, 11) is 0.